The van der Waals surface area contributed by atoms with Gasteiger partial charge in [0.1, 0.15) is 5.82 Å². The average molecular weight is 286 g/mol. The minimum Gasteiger partial charge on any atom is -0.377 e. The van der Waals surface area contributed by atoms with Crippen LogP contribution < -0.4 is 5.32 Å². The van der Waals surface area contributed by atoms with Gasteiger partial charge in [0.2, 0.25) is 0 Å². The molecule has 2 rings (SSSR count). The third-order valence-electron chi connectivity index (χ3n) is 3.67. The summed E-state index contributed by atoms with van der Waals surface area (Å²) in [4.78, 5) is 0. The van der Waals surface area contributed by atoms with Gasteiger partial charge in [-0.25, -0.2) is 4.39 Å². The smallest absolute Gasteiger partial charge is 0.124 e. The molecule has 1 N–H and O–H groups in total. The van der Waals surface area contributed by atoms with E-state index in [4.69, 9.17) is 16.3 Å². The summed E-state index contributed by atoms with van der Waals surface area (Å²) < 4.78 is 18.9. The van der Waals surface area contributed by atoms with Gasteiger partial charge in [0.15, 0.2) is 0 Å². The van der Waals surface area contributed by atoms with Crippen molar-refractivity contribution in [2.75, 3.05) is 13.7 Å². The van der Waals surface area contributed by atoms with Crippen molar-refractivity contribution in [1.29, 1.82) is 0 Å². The highest BCUT2D eigenvalue weighted by atomic mass is 35.5. The zero-order chi connectivity index (χ0) is 13.8. The van der Waals surface area contributed by atoms with Gasteiger partial charge >= 0.3 is 0 Å². The first-order valence-electron chi connectivity index (χ1n) is 6.88. The molecular formula is C15H21ClFNO. The maximum Gasteiger partial charge on any atom is 0.124 e. The van der Waals surface area contributed by atoms with E-state index in [0.717, 1.165) is 18.6 Å². The zero-order valence-electron chi connectivity index (χ0n) is 11.5. The van der Waals surface area contributed by atoms with E-state index in [1.165, 1.54) is 25.0 Å². The van der Waals surface area contributed by atoms with Crippen LogP contribution in [0.25, 0.3) is 0 Å². The van der Waals surface area contributed by atoms with E-state index in [0.29, 0.717) is 10.9 Å². The molecule has 106 valence electrons. The van der Waals surface area contributed by atoms with Gasteiger partial charge in [-0.2, -0.15) is 0 Å². The number of ether oxygens (including phenoxy) is 1. The molecule has 0 radical (unpaired) electrons. The van der Waals surface area contributed by atoms with E-state index in [9.17, 15) is 4.39 Å². The first-order chi connectivity index (χ1) is 9.15. The second-order valence-corrected chi connectivity index (χ2v) is 5.50. The summed E-state index contributed by atoms with van der Waals surface area (Å²) in [5, 5.41) is 3.81. The Hall–Kier alpha value is -0.640. The van der Waals surface area contributed by atoms with Crippen LogP contribution in [0.5, 0.6) is 0 Å². The predicted octanol–water partition coefficient (Wildman–Crippen LogP) is 3.42. The molecule has 1 aromatic rings. The zero-order valence-corrected chi connectivity index (χ0v) is 12.2. The Labute approximate surface area is 119 Å². The normalized spacial score (nSPS) is 18.3. The van der Waals surface area contributed by atoms with Crippen LogP contribution >= 0.6 is 11.6 Å². The van der Waals surface area contributed by atoms with Crippen molar-refractivity contribution in [1.82, 2.24) is 5.32 Å². The van der Waals surface area contributed by atoms with Gasteiger partial charge < -0.3 is 10.1 Å². The molecular weight excluding hydrogens is 265 g/mol. The van der Waals surface area contributed by atoms with E-state index in [2.05, 4.69) is 5.32 Å². The molecule has 2 unspecified atom stereocenters. The summed E-state index contributed by atoms with van der Waals surface area (Å²) in [6, 6.07) is 4.81. The monoisotopic (exact) mass is 285 g/mol. The van der Waals surface area contributed by atoms with E-state index in [1.807, 2.05) is 14.0 Å². The number of benzene rings is 1. The lowest BCUT2D eigenvalue weighted by Gasteiger charge is -2.27. The van der Waals surface area contributed by atoms with Crippen molar-refractivity contribution < 1.29 is 9.13 Å². The van der Waals surface area contributed by atoms with Crippen molar-refractivity contribution in [3.63, 3.8) is 0 Å². The van der Waals surface area contributed by atoms with E-state index in [1.54, 1.807) is 6.07 Å². The minimum absolute atomic E-state index is 0.218. The summed E-state index contributed by atoms with van der Waals surface area (Å²) in [6.07, 6.45) is 3.45. The Bertz CT molecular complexity index is 423. The molecule has 1 saturated carbocycles. The minimum atomic E-state index is -0.293. The van der Waals surface area contributed by atoms with E-state index < -0.39 is 0 Å². The summed E-state index contributed by atoms with van der Waals surface area (Å²) in [7, 11) is 1.94. The van der Waals surface area contributed by atoms with Gasteiger partial charge in [-0.1, -0.05) is 17.7 Å². The molecule has 1 aliphatic carbocycles. The van der Waals surface area contributed by atoms with Gasteiger partial charge in [-0.15, -0.1) is 0 Å². The van der Waals surface area contributed by atoms with Gasteiger partial charge in [0, 0.05) is 17.7 Å². The van der Waals surface area contributed by atoms with Crippen LogP contribution in [0.2, 0.25) is 5.02 Å². The highest BCUT2D eigenvalue weighted by Gasteiger charge is 2.36. The molecule has 1 fully saturated rings. The fraction of sp³-hybridized carbons (Fsp3) is 0.600. The van der Waals surface area contributed by atoms with Crippen molar-refractivity contribution in [2.24, 2.45) is 5.92 Å². The first kappa shape index (κ1) is 14.8. The average Bonchev–Trinajstić information content (AvgIpc) is 3.20. The standard InChI is InChI=1S/C15H21ClFNO/c1-3-19-15(10-4-5-10)14(18-2)8-11-6-7-12(17)9-13(11)16/h6-7,9-10,14-15,18H,3-5,8H2,1-2H3. The first-order valence-corrected chi connectivity index (χ1v) is 7.26. The van der Waals surface area contributed by atoms with Gasteiger partial charge in [-0.05, 0) is 56.8 Å². The van der Waals surface area contributed by atoms with Crippen molar-refractivity contribution in [3.05, 3.63) is 34.6 Å². The molecule has 0 heterocycles. The van der Waals surface area contributed by atoms with Crippen molar-refractivity contribution in [2.45, 2.75) is 38.3 Å². The lowest BCUT2D eigenvalue weighted by molar-refractivity contribution is 0.0211. The molecule has 0 spiro atoms. The molecule has 0 amide bonds. The number of rotatable bonds is 7. The summed E-state index contributed by atoms with van der Waals surface area (Å²) in [5.74, 6) is 0.356. The van der Waals surface area contributed by atoms with Crippen LogP contribution in [0.4, 0.5) is 4.39 Å². The largest absolute Gasteiger partial charge is 0.377 e. The van der Waals surface area contributed by atoms with Gasteiger partial charge in [-0.3, -0.25) is 0 Å². The molecule has 2 nitrogen and oxygen atoms in total. The Balaban J connectivity index is 2.08. The topological polar surface area (TPSA) is 21.3 Å². The van der Waals surface area contributed by atoms with Crippen LogP contribution in [-0.4, -0.2) is 25.8 Å². The fourth-order valence-corrected chi connectivity index (χ4v) is 2.75. The molecule has 1 aromatic carbocycles. The molecule has 4 heteroatoms. The van der Waals surface area contributed by atoms with Crippen LogP contribution in [0, 0.1) is 11.7 Å². The lowest BCUT2D eigenvalue weighted by Crippen LogP contribution is -2.42. The highest BCUT2D eigenvalue weighted by molar-refractivity contribution is 6.31. The van der Waals surface area contributed by atoms with Crippen LogP contribution in [0.3, 0.4) is 0 Å². The lowest BCUT2D eigenvalue weighted by atomic mass is 9.98. The summed E-state index contributed by atoms with van der Waals surface area (Å²) >= 11 is 6.10. The summed E-state index contributed by atoms with van der Waals surface area (Å²) in [6.45, 7) is 2.74. The van der Waals surface area contributed by atoms with Crippen LogP contribution in [0.15, 0.2) is 18.2 Å². The highest BCUT2D eigenvalue weighted by Crippen LogP contribution is 2.36. The van der Waals surface area contributed by atoms with Crippen molar-refractivity contribution in [3.8, 4) is 0 Å². The number of likely N-dealkylation sites (N-methyl/N-ethyl adjacent to an activating group) is 1. The predicted molar refractivity (Wildman–Crippen MR) is 76.1 cm³/mol. The maximum absolute atomic E-state index is 13.1. The third-order valence-corrected chi connectivity index (χ3v) is 4.02. The quantitative estimate of drug-likeness (QED) is 0.829. The van der Waals surface area contributed by atoms with E-state index in [-0.39, 0.29) is 18.0 Å². The van der Waals surface area contributed by atoms with Crippen molar-refractivity contribution >= 4 is 11.6 Å². The molecule has 2 atom stereocenters. The molecule has 19 heavy (non-hydrogen) atoms. The Kier molecular flexibility index (Phi) is 5.20. The van der Waals surface area contributed by atoms with Gasteiger partial charge in [0.25, 0.3) is 0 Å². The van der Waals surface area contributed by atoms with Crippen LogP contribution in [0.1, 0.15) is 25.3 Å². The summed E-state index contributed by atoms with van der Waals surface area (Å²) in [5.41, 5.74) is 0.966. The molecule has 0 bridgehead atoms. The Morgan fingerprint density at radius 2 is 2.21 bits per heavy atom. The fourth-order valence-electron chi connectivity index (χ4n) is 2.50. The third kappa shape index (κ3) is 3.91. The maximum atomic E-state index is 13.1. The molecule has 0 saturated heterocycles. The molecule has 0 aliphatic heterocycles. The number of hydrogen-bond donors (Lipinski definition) is 1. The number of hydrogen-bond acceptors (Lipinski definition) is 2. The SMILES string of the molecule is CCOC(C1CC1)C(Cc1ccc(F)cc1Cl)NC. The second-order valence-electron chi connectivity index (χ2n) is 5.09. The van der Waals surface area contributed by atoms with Gasteiger partial charge in [0.05, 0.1) is 6.10 Å². The van der Waals surface area contributed by atoms with Crippen LogP contribution in [-0.2, 0) is 11.2 Å². The number of nitrogens with one attached hydrogen (secondary N) is 1. The number of halogens is 2. The molecule has 1 aliphatic rings. The Morgan fingerprint density at radius 3 is 2.74 bits per heavy atom. The van der Waals surface area contributed by atoms with E-state index >= 15 is 0 Å². The molecule has 0 aromatic heterocycles. The second kappa shape index (κ2) is 6.69. The Morgan fingerprint density at radius 1 is 1.47 bits per heavy atom.